The summed E-state index contributed by atoms with van der Waals surface area (Å²) in [6.45, 7) is 4.46. The van der Waals surface area contributed by atoms with E-state index in [-0.39, 0.29) is 0 Å². The Labute approximate surface area is 135 Å². The normalized spacial score (nSPS) is 16.9. The van der Waals surface area contributed by atoms with Gasteiger partial charge in [0, 0.05) is 5.69 Å². The summed E-state index contributed by atoms with van der Waals surface area (Å²) in [5.41, 5.74) is 10.6. The van der Waals surface area contributed by atoms with Crippen LogP contribution >= 0.6 is 0 Å². The number of hydrogen-bond acceptors (Lipinski definition) is 6. The van der Waals surface area contributed by atoms with Gasteiger partial charge in [-0.25, -0.2) is 10.0 Å². The Kier molecular flexibility index (Phi) is 3.97. The molecule has 1 aliphatic rings. The van der Waals surface area contributed by atoms with Crippen LogP contribution in [0.5, 0.6) is 0 Å². The molecule has 3 rings (SSSR count). The van der Waals surface area contributed by atoms with Crippen molar-refractivity contribution in [3.05, 3.63) is 59.2 Å². The van der Waals surface area contributed by atoms with Crippen LogP contribution in [0.25, 0.3) is 0 Å². The Bertz CT molecular complexity index is 758. The van der Waals surface area contributed by atoms with Crippen molar-refractivity contribution in [2.45, 2.75) is 26.6 Å². The van der Waals surface area contributed by atoms with Gasteiger partial charge in [0.15, 0.2) is 12.5 Å². The standard InChI is InChI=1S/C17H19N5O/c1-12-4-3-5-15(8-12)22-17(11-23)21(19-20-22)10-14-6-7-16(18)13(2)9-14/h3-9,11,17H,10,18H2,1-2H3. The lowest BCUT2D eigenvalue weighted by atomic mass is 10.1. The molecule has 2 N–H and O–H groups in total. The van der Waals surface area contributed by atoms with Crippen molar-refractivity contribution >= 4 is 17.7 Å². The summed E-state index contributed by atoms with van der Waals surface area (Å²) in [5, 5.41) is 11.6. The lowest BCUT2D eigenvalue weighted by Gasteiger charge is -2.23. The smallest absolute Gasteiger partial charge is 0.198 e. The van der Waals surface area contributed by atoms with Crippen LogP contribution in [-0.2, 0) is 11.3 Å². The van der Waals surface area contributed by atoms with Gasteiger partial charge in [-0.2, -0.15) is 0 Å². The van der Waals surface area contributed by atoms with Crippen molar-refractivity contribution in [2.24, 2.45) is 10.4 Å². The quantitative estimate of drug-likeness (QED) is 0.696. The van der Waals surface area contributed by atoms with Crippen LogP contribution in [0.15, 0.2) is 52.9 Å². The van der Waals surface area contributed by atoms with Crippen LogP contribution in [0, 0.1) is 13.8 Å². The zero-order valence-corrected chi connectivity index (χ0v) is 13.2. The maximum absolute atomic E-state index is 11.6. The number of rotatable bonds is 4. The second kappa shape index (κ2) is 6.08. The van der Waals surface area contributed by atoms with Crippen molar-refractivity contribution in [1.82, 2.24) is 5.01 Å². The highest BCUT2D eigenvalue weighted by Crippen LogP contribution is 2.26. The van der Waals surface area contributed by atoms with E-state index in [0.29, 0.717) is 6.54 Å². The van der Waals surface area contributed by atoms with Crippen LogP contribution in [0.4, 0.5) is 11.4 Å². The number of benzene rings is 2. The average Bonchev–Trinajstić information content (AvgIpc) is 2.93. The Morgan fingerprint density at radius 1 is 1.17 bits per heavy atom. The lowest BCUT2D eigenvalue weighted by Crippen LogP contribution is -2.39. The highest BCUT2D eigenvalue weighted by Gasteiger charge is 2.30. The molecule has 6 heteroatoms. The highest BCUT2D eigenvalue weighted by molar-refractivity contribution is 5.66. The molecule has 1 aliphatic heterocycles. The number of nitrogens with two attached hydrogens (primary N) is 1. The van der Waals surface area contributed by atoms with E-state index < -0.39 is 6.17 Å². The first kappa shape index (κ1) is 15.0. The van der Waals surface area contributed by atoms with E-state index >= 15 is 0 Å². The van der Waals surface area contributed by atoms with Gasteiger partial charge in [-0.05, 0) is 54.0 Å². The molecule has 2 aromatic carbocycles. The van der Waals surface area contributed by atoms with Gasteiger partial charge in [0.05, 0.1) is 12.2 Å². The molecule has 1 heterocycles. The SMILES string of the molecule is Cc1cccc(N2N=NN(Cc3ccc(N)c(C)c3)C2C=O)c1. The van der Waals surface area contributed by atoms with Gasteiger partial charge in [-0.3, -0.25) is 4.79 Å². The van der Waals surface area contributed by atoms with E-state index in [2.05, 4.69) is 10.4 Å². The predicted octanol–water partition coefficient (Wildman–Crippen LogP) is 3.02. The van der Waals surface area contributed by atoms with E-state index in [0.717, 1.165) is 34.4 Å². The average molecular weight is 309 g/mol. The Hall–Kier alpha value is -2.89. The van der Waals surface area contributed by atoms with Crippen molar-refractivity contribution in [1.29, 1.82) is 0 Å². The molecular formula is C17H19N5O. The summed E-state index contributed by atoms with van der Waals surface area (Å²) in [5.74, 6) is 0. The van der Waals surface area contributed by atoms with Gasteiger partial charge in [-0.15, -0.1) is 0 Å². The predicted molar refractivity (Wildman–Crippen MR) is 89.5 cm³/mol. The molecule has 0 amide bonds. The number of nitrogen functional groups attached to an aromatic ring is 1. The first-order valence-corrected chi connectivity index (χ1v) is 7.43. The van der Waals surface area contributed by atoms with E-state index in [1.807, 2.05) is 56.3 Å². The van der Waals surface area contributed by atoms with Crippen molar-refractivity contribution in [3.8, 4) is 0 Å². The lowest BCUT2D eigenvalue weighted by molar-refractivity contribution is -0.111. The fourth-order valence-corrected chi connectivity index (χ4v) is 2.58. The molecule has 0 fully saturated rings. The molecule has 118 valence electrons. The molecule has 0 bridgehead atoms. The summed E-state index contributed by atoms with van der Waals surface area (Å²) in [4.78, 5) is 11.6. The Morgan fingerprint density at radius 3 is 2.70 bits per heavy atom. The van der Waals surface area contributed by atoms with Crippen molar-refractivity contribution in [2.75, 3.05) is 10.7 Å². The number of hydrogen-bond donors (Lipinski definition) is 1. The summed E-state index contributed by atoms with van der Waals surface area (Å²) < 4.78 is 0. The third-order valence-corrected chi connectivity index (χ3v) is 3.87. The van der Waals surface area contributed by atoms with Crippen molar-refractivity contribution < 1.29 is 4.79 Å². The second-order valence-corrected chi connectivity index (χ2v) is 5.70. The highest BCUT2D eigenvalue weighted by atomic mass is 16.1. The molecule has 0 aliphatic carbocycles. The molecule has 2 aromatic rings. The molecule has 0 radical (unpaired) electrons. The fourth-order valence-electron chi connectivity index (χ4n) is 2.58. The van der Waals surface area contributed by atoms with Gasteiger partial charge >= 0.3 is 0 Å². The van der Waals surface area contributed by atoms with E-state index in [9.17, 15) is 4.79 Å². The first-order valence-electron chi connectivity index (χ1n) is 7.43. The van der Waals surface area contributed by atoms with Crippen LogP contribution in [-0.4, -0.2) is 17.5 Å². The molecule has 6 nitrogen and oxygen atoms in total. The first-order chi connectivity index (χ1) is 11.1. The number of anilines is 2. The summed E-state index contributed by atoms with van der Waals surface area (Å²) in [6.07, 6.45) is 0.307. The van der Waals surface area contributed by atoms with Crippen LogP contribution in [0.1, 0.15) is 16.7 Å². The molecule has 0 aromatic heterocycles. The molecule has 1 atom stereocenters. The molecule has 0 spiro atoms. The van der Waals surface area contributed by atoms with Crippen molar-refractivity contribution in [3.63, 3.8) is 0 Å². The van der Waals surface area contributed by atoms with E-state index in [1.165, 1.54) is 0 Å². The number of carbonyl (C=O) groups is 1. The minimum absolute atomic E-state index is 0.496. The van der Waals surface area contributed by atoms with Gasteiger partial charge in [0.25, 0.3) is 0 Å². The number of carbonyl (C=O) groups excluding carboxylic acids is 1. The maximum atomic E-state index is 11.6. The molecule has 1 unspecified atom stereocenters. The Morgan fingerprint density at radius 2 is 2.00 bits per heavy atom. The largest absolute Gasteiger partial charge is 0.399 e. The van der Waals surface area contributed by atoms with Crippen LogP contribution in [0.2, 0.25) is 0 Å². The second-order valence-electron chi connectivity index (χ2n) is 5.70. The molecule has 23 heavy (non-hydrogen) atoms. The van der Waals surface area contributed by atoms with Crippen LogP contribution in [0.3, 0.4) is 0 Å². The zero-order chi connectivity index (χ0) is 16.4. The summed E-state index contributed by atoms with van der Waals surface area (Å²) in [7, 11) is 0. The minimum Gasteiger partial charge on any atom is -0.399 e. The van der Waals surface area contributed by atoms with Crippen LogP contribution < -0.4 is 10.7 Å². The fraction of sp³-hybridized carbons (Fsp3) is 0.235. The van der Waals surface area contributed by atoms with Gasteiger partial charge in [-0.1, -0.05) is 29.5 Å². The molecule has 0 saturated heterocycles. The van der Waals surface area contributed by atoms with Gasteiger partial charge in [0.2, 0.25) is 0 Å². The number of aryl methyl sites for hydroxylation is 2. The zero-order valence-electron chi connectivity index (χ0n) is 13.2. The van der Waals surface area contributed by atoms with E-state index in [1.54, 1.807) is 10.0 Å². The summed E-state index contributed by atoms with van der Waals surface area (Å²) in [6, 6.07) is 13.6. The topological polar surface area (TPSA) is 74.3 Å². The maximum Gasteiger partial charge on any atom is 0.198 e. The third-order valence-electron chi connectivity index (χ3n) is 3.87. The third kappa shape index (κ3) is 3.01. The monoisotopic (exact) mass is 309 g/mol. The Balaban J connectivity index is 1.81. The minimum atomic E-state index is -0.547. The molecular weight excluding hydrogens is 290 g/mol. The van der Waals surface area contributed by atoms with Gasteiger partial charge < -0.3 is 5.73 Å². The number of aldehydes is 1. The molecule has 0 saturated carbocycles. The van der Waals surface area contributed by atoms with E-state index in [4.69, 9.17) is 5.73 Å². The number of nitrogens with zero attached hydrogens (tertiary/aromatic N) is 4. The van der Waals surface area contributed by atoms with Gasteiger partial charge in [0.1, 0.15) is 0 Å². The summed E-state index contributed by atoms with van der Waals surface area (Å²) >= 11 is 0.